The molecule has 194 valence electrons. The molecule has 0 saturated carbocycles. The molecule has 37 heavy (non-hydrogen) atoms. The Morgan fingerprint density at radius 1 is 0.811 bits per heavy atom. The summed E-state index contributed by atoms with van der Waals surface area (Å²) in [6.45, 7) is 5.53. The Bertz CT molecular complexity index is 1270. The van der Waals surface area contributed by atoms with Crippen LogP contribution in [0.5, 0.6) is 23.0 Å². The first kappa shape index (κ1) is 27.1. The van der Waals surface area contributed by atoms with E-state index >= 15 is 0 Å². The number of rotatable bonds is 11. The topological polar surface area (TPSA) is 107 Å². The number of methoxy groups -OCH3 is 2. The quantitative estimate of drug-likeness (QED) is 0.110. The van der Waals surface area contributed by atoms with Gasteiger partial charge in [-0.25, -0.2) is 14.4 Å². The number of hydrogen-bond acceptors (Lipinski definition) is 9. The summed E-state index contributed by atoms with van der Waals surface area (Å²) in [4.78, 5) is 35.8. The molecule has 0 aliphatic carbocycles. The number of aryl methyl sites for hydroxylation is 1. The van der Waals surface area contributed by atoms with Crippen molar-refractivity contribution in [1.82, 2.24) is 0 Å². The zero-order valence-electron chi connectivity index (χ0n) is 20.9. The second-order valence-electron chi connectivity index (χ2n) is 7.89. The van der Waals surface area contributed by atoms with Gasteiger partial charge in [0.15, 0.2) is 11.5 Å². The van der Waals surface area contributed by atoms with Crippen molar-refractivity contribution in [3.8, 4) is 23.0 Å². The van der Waals surface area contributed by atoms with Crippen LogP contribution in [0.4, 0.5) is 4.79 Å². The lowest BCUT2D eigenvalue weighted by Gasteiger charge is -2.14. The van der Waals surface area contributed by atoms with Gasteiger partial charge < -0.3 is 28.4 Å². The number of hydrogen-bond donors (Lipinski definition) is 0. The Labute approximate surface area is 214 Å². The number of carbonyl (C=O) groups is 3. The van der Waals surface area contributed by atoms with Gasteiger partial charge in [0, 0.05) is 6.08 Å². The summed E-state index contributed by atoms with van der Waals surface area (Å²) in [5.41, 5.74) is 1.22. The van der Waals surface area contributed by atoms with Crippen LogP contribution in [0.2, 0.25) is 0 Å². The molecular weight excluding hydrogens is 480 g/mol. The molecule has 0 aliphatic rings. The van der Waals surface area contributed by atoms with Crippen molar-refractivity contribution in [3.05, 3.63) is 72.3 Å². The van der Waals surface area contributed by atoms with Gasteiger partial charge in [-0.3, -0.25) is 0 Å². The van der Waals surface area contributed by atoms with E-state index in [9.17, 15) is 14.4 Å². The minimum absolute atomic E-state index is 0.125. The molecule has 9 nitrogen and oxygen atoms in total. The fraction of sp³-hybridized carbons (Fsp3) is 0.250. The highest BCUT2D eigenvalue weighted by Crippen LogP contribution is 2.39. The van der Waals surface area contributed by atoms with E-state index in [4.69, 9.17) is 28.4 Å². The van der Waals surface area contributed by atoms with Gasteiger partial charge in [0.25, 0.3) is 0 Å². The van der Waals surface area contributed by atoms with Crippen LogP contribution in [0.25, 0.3) is 10.8 Å². The maximum absolute atomic E-state index is 12.9. The van der Waals surface area contributed by atoms with Crippen molar-refractivity contribution < 1.29 is 42.8 Å². The van der Waals surface area contributed by atoms with Crippen LogP contribution < -0.4 is 18.9 Å². The number of benzene rings is 3. The third-order valence-corrected chi connectivity index (χ3v) is 5.22. The van der Waals surface area contributed by atoms with E-state index < -0.39 is 18.1 Å². The fourth-order valence-corrected chi connectivity index (χ4v) is 3.39. The van der Waals surface area contributed by atoms with Crippen molar-refractivity contribution in [3.63, 3.8) is 0 Å². The lowest BCUT2D eigenvalue weighted by atomic mass is 10.1. The van der Waals surface area contributed by atoms with Gasteiger partial charge in [0.2, 0.25) is 5.75 Å². The number of ether oxygens (including phenoxy) is 6. The minimum atomic E-state index is -0.844. The van der Waals surface area contributed by atoms with Crippen LogP contribution in [-0.4, -0.2) is 45.5 Å². The van der Waals surface area contributed by atoms with Crippen LogP contribution in [0.15, 0.2) is 61.2 Å². The first-order valence-electron chi connectivity index (χ1n) is 11.5. The molecule has 0 unspecified atom stereocenters. The summed E-state index contributed by atoms with van der Waals surface area (Å²) in [5, 5.41) is 1.49. The smallest absolute Gasteiger partial charge is 0.493 e. The summed E-state index contributed by atoms with van der Waals surface area (Å²) >= 11 is 0. The largest absolute Gasteiger partial charge is 0.513 e. The van der Waals surface area contributed by atoms with E-state index in [1.807, 2.05) is 6.92 Å². The average molecular weight is 509 g/mol. The standard InChI is InChI=1S/C28H28O9/c1-5-25(29)34-12-6-7-13-35-28(31)36-22-11-10-19-16-21(9-8-20(19)17-22)27(30)37-26-23(32-3)14-18(2)15-24(26)33-4/h5,8-11,14-17H,1,6-7,12-13H2,2-4H3. The predicted octanol–water partition coefficient (Wildman–Crippen LogP) is 5.41. The number of carbonyl (C=O) groups excluding carboxylic acids is 3. The molecular formula is C28H28O9. The molecule has 0 amide bonds. The first-order chi connectivity index (χ1) is 17.8. The van der Waals surface area contributed by atoms with Gasteiger partial charge in [-0.05, 0) is 72.5 Å². The Morgan fingerprint density at radius 3 is 2.08 bits per heavy atom. The lowest BCUT2D eigenvalue weighted by molar-refractivity contribution is -0.137. The van der Waals surface area contributed by atoms with Crippen molar-refractivity contribution >= 4 is 28.9 Å². The Kier molecular flexibility index (Phi) is 9.48. The zero-order valence-corrected chi connectivity index (χ0v) is 20.9. The molecule has 0 aromatic heterocycles. The second-order valence-corrected chi connectivity index (χ2v) is 7.89. The number of unbranched alkanes of at least 4 members (excludes halogenated alkanes) is 1. The molecule has 9 heteroatoms. The summed E-state index contributed by atoms with van der Waals surface area (Å²) in [6, 6.07) is 13.5. The fourth-order valence-electron chi connectivity index (χ4n) is 3.39. The summed E-state index contributed by atoms with van der Waals surface area (Å²) in [5.74, 6) is 0.187. The third-order valence-electron chi connectivity index (χ3n) is 5.22. The minimum Gasteiger partial charge on any atom is -0.493 e. The van der Waals surface area contributed by atoms with Crippen LogP contribution in [0.3, 0.4) is 0 Å². The van der Waals surface area contributed by atoms with Crippen LogP contribution >= 0.6 is 0 Å². The van der Waals surface area contributed by atoms with Crippen molar-refractivity contribution in [2.75, 3.05) is 27.4 Å². The second kappa shape index (κ2) is 13.0. The molecule has 0 radical (unpaired) electrons. The Morgan fingerprint density at radius 2 is 1.43 bits per heavy atom. The highest BCUT2D eigenvalue weighted by molar-refractivity contribution is 5.97. The van der Waals surface area contributed by atoms with Gasteiger partial charge in [0.05, 0.1) is 33.0 Å². The number of esters is 2. The number of fused-ring (bicyclic) bond motifs is 1. The molecule has 0 heterocycles. The molecule has 0 spiro atoms. The molecule has 0 bridgehead atoms. The SMILES string of the molecule is C=CC(=O)OCCCCOC(=O)Oc1ccc2cc(C(=O)Oc3c(OC)cc(C)cc3OC)ccc2c1. The van der Waals surface area contributed by atoms with Crippen LogP contribution in [0, 0.1) is 6.92 Å². The van der Waals surface area contributed by atoms with E-state index in [1.165, 1.54) is 14.2 Å². The van der Waals surface area contributed by atoms with Gasteiger partial charge in [0.1, 0.15) is 5.75 Å². The predicted molar refractivity (Wildman–Crippen MR) is 136 cm³/mol. The molecule has 0 aliphatic heterocycles. The maximum Gasteiger partial charge on any atom is 0.513 e. The maximum atomic E-state index is 12.9. The Balaban J connectivity index is 1.60. The molecule has 3 aromatic carbocycles. The average Bonchev–Trinajstić information content (AvgIpc) is 2.90. The summed E-state index contributed by atoms with van der Waals surface area (Å²) < 4.78 is 31.4. The van der Waals surface area contributed by atoms with E-state index in [-0.39, 0.29) is 19.0 Å². The van der Waals surface area contributed by atoms with Crippen molar-refractivity contribution in [2.45, 2.75) is 19.8 Å². The van der Waals surface area contributed by atoms with Gasteiger partial charge in [-0.2, -0.15) is 0 Å². The molecule has 3 aromatic rings. The third kappa shape index (κ3) is 7.47. The van der Waals surface area contributed by atoms with Crippen LogP contribution in [0.1, 0.15) is 28.8 Å². The van der Waals surface area contributed by atoms with Gasteiger partial charge in [-0.1, -0.05) is 18.7 Å². The lowest BCUT2D eigenvalue weighted by Crippen LogP contribution is -2.12. The molecule has 0 atom stereocenters. The normalized spacial score (nSPS) is 10.4. The Hall–Kier alpha value is -4.53. The van der Waals surface area contributed by atoms with Crippen molar-refractivity contribution in [2.24, 2.45) is 0 Å². The van der Waals surface area contributed by atoms with E-state index in [2.05, 4.69) is 6.58 Å². The first-order valence-corrected chi connectivity index (χ1v) is 11.5. The summed E-state index contributed by atoms with van der Waals surface area (Å²) in [7, 11) is 2.97. The van der Waals surface area contributed by atoms with E-state index in [1.54, 1.807) is 48.5 Å². The van der Waals surface area contributed by atoms with E-state index in [0.29, 0.717) is 35.7 Å². The van der Waals surface area contributed by atoms with Gasteiger partial charge >= 0.3 is 18.1 Å². The zero-order chi connectivity index (χ0) is 26.8. The molecule has 3 rings (SSSR count). The monoisotopic (exact) mass is 508 g/mol. The van der Waals surface area contributed by atoms with Crippen molar-refractivity contribution in [1.29, 1.82) is 0 Å². The molecule has 0 fully saturated rings. The van der Waals surface area contributed by atoms with E-state index in [0.717, 1.165) is 22.4 Å². The highest BCUT2D eigenvalue weighted by atomic mass is 16.7. The summed E-state index contributed by atoms with van der Waals surface area (Å²) in [6.07, 6.45) is 1.29. The molecule has 0 saturated heterocycles. The van der Waals surface area contributed by atoms with Gasteiger partial charge in [-0.15, -0.1) is 0 Å². The van der Waals surface area contributed by atoms with Crippen LogP contribution in [-0.2, 0) is 14.3 Å². The molecule has 0 N–H and O–H groups in total. The highest BCUT2D eigenvalue weighted by Gasteiger charge is 2.18.